The minimum Gasteiger partial charge on any atom is -0.340 e. The molecule has 0 radical (unpaired) electrons. The molecule has 1 fully saturated rings. The van der Waals surface area contributed by atoms with E-state index >= 15 is 0 Å². The SMILES string of the molecule is CCN1CCN(C(=O)[C@H](Cc2ccccc2)NC(=O)c2ccc(Cl)c(S(=O)(=O)N(C)C)c2)CC1. The number of carbonyl (C=O) groups excluding carboxylic acids is 2. The molecule has 1 heterocycles. The van der Waals surface area contributed by atoms with Crippen molar-refractivity contribution in [3.05, 3.63) is 64.7 Å². The highest BCUT2D eigenvalue weighted by atomic mass is 35.5. The highest BCUT2D eigenvalue weighted by Gasteiger charge is 2.30. The lowest BCUT2D eigenvalue weighted by molar-refractivity contribution is -0.135. The zero-order chi connectivity index (χ0) is 24.9. The average Bonchev–Trinajstić information content (AvgIpc) is 2.83. The van der Waals surface area contributed by atoms with Gasteiger partial charge in [-0.1, -0.05) is 48.9 Å². The highest BCUT2D eigenvalue weighted by molar-refractivity contribution is 7.89. The summed E-state index contributed by atoms with van der Waals surface area (Å²) in [5, 5.41) is 2.86. The number of rotatable bonds is 8. The first kappa shape index (κ1) is 26.2. The second kappa shape index (κ2) is 11.3. The second-order valence-corrected chi connectivity index (χ2v) is 10.9. The Morgan fingerprint density at radius 2 is 1.71 bits per heavy atom. The van der Waals surface area contributed by atoms with Crippen LogP contribution in [-0.4, -0.2) is 87.2 Å². The molecule has 1 atom stereocenters. The first-order valence-corrected chi connectivity index (χ1v) is 13.0. The quantitative estimate of drug-likeness (QED) is 0.592. The number of nitrogens with one attached hydrogen (secondary N) is 1. The summed E-state index contributed by atoms with van der Waals surface area (Å²) >= 11 is 6.12. The molecular weight excluding hydrogens is 476 g/mol. The lowest BCUT2D eigenvalue weighted by Crippen LogP contribution is -2.55. The zero-order valence-electron chi connectivity index (χ0n) is 19.7. The van der Waals surface area contributed by atoms with E-state index in [1.165, 1.54) is 32.3 Å². The Bertz CT molecular complexity index is 1120. The highest BCUT2D eigenvalue weighted by Crippen LogP contribution is 2.25. The molecule has 8 nitrogen and oxygen atoms in total. The van der Waals surface area contributed by atoms with Crippen molar-refractivity contribution < 1.29 is 18.0 Å². The zero-order valence-corrected chi connectivity index (χ0v) is 21.3. The standard InChI is InChI=1S/C24H31ClN4O4S/c1-4-28-12-14-29(15-13-28)24(31)21(16-18-8-6-5-7-9-18)26-23(30)19-10-11-20(25)22(17-19)34(32,33)27(2)3/h5-11,17,21H,4,12-16H2,1-3H3,(H,26,30)/t21-/m0/s1. The molecule has 0 bridgehead atoms. The summed E-state index contributed by atoms with van der Waals surface area (Å²) < 4.78 is 26.2. The van der Waals surface area contributed by atoms with E-state index in [4.69, 9.17) is 11.6 Å². The number of benzene rings is 2. The lowest BCUT2D eigenvalue weighted by Gasteiger charge is -2.36. The van der Waals surface area contributed by atoms with E-state index in [1.54, 1.807) is 4.90 Å². The Hall–Kier alpha value is -2.46. The lowest BCUT2D eigenvalue weighted by atomic mass is 10.0. The van der Waals surface area contributed by atoms with Gasteiger partial charge in [0.05, 0.1) is 5.02 Å². The van der Waals surface area contributed by atoms with Gasteiger partial charge in [0.2, 0.25) is 15.9 Å². The molecule has 0 aromatic heterocycles. The number of likely N-dealkylation sites (N-methyl/N-ethyl adjacent to an activating group) is 1. The van der Waals surface area contributed by atoms with Crippen LogP contribution in [0.15, 0.2) is 53.4 Å². The smallest absolute Gasteiger partial charge is 0.251 e. The fourth-order valence-electron chi connectivity index (χ4n) is 3.84. The largest absolute Gasteiger partial charge is 0.340 e. The minimum atomic E-state index is -3.84. The minimum absolute atomic E-state index is 0.0240. The molecule has 10 heteroatoms. The Morgan fingerprint density at radius 3 is 2.29 bits per heavy atom. The molecule has 1 saturated heterocycles. The van der Waals surface area contributed by atoms with Crippen LogP contribution >= 0.6 is 11.6 Å². The molecule has 0 spiro atoms. The van der Waals surface area contributed by atoms with Gasteiger partial charge in [0, 0.05) is 52.3 Å². The molecule has 0 aliphatic carbocycles. The first-order chi connectivity index (χ1) is 16.1. The fraction of sp³-hybridized carbons (Fsp3) is 0.417. The molecule has 2 aromatic carbocycles. The molecule has 1 N–H and O–H groups in total. The van der Waals surface area contributed by atoms with E-state index < -0.39 is 22.0 Å². The number of hydrogen-bond donors (Lipinski definition) is 1. The van der Waals surface area contributed by atoms with Crippen LogP contribution in [0.25, 0.3) is 0 Å². The Kier molecular flexibility index (Phi) is 8.70. The number of carbonyl (C=O) groups is 2. The van der Waals surface area contributed by atoms with Crippen molar-refractivity contribution in [3.8, 4) is 0 Å². The summed E-state index contributed by atoms with van der Waals surface area (Å²) in [5.74, 6) is -0.684. The molecule has 2 aromatic rings. The van der Waals surface area contributed by atoms with Gasteiger partial charge >= 0.3 is 0 Å². The summed E-state index contributed by atoms with van der Waals surface area (Å²) in [4.78, 5) is 30.4. The van der Waals surface area contributed by atoms with E-state index in [0.717, 1.165) is 29.5 Å². The maximum absolute atomic E-state index is 13.4. The number of amides is 2. The molecule has 1 aliphatic heterocycles. The van der Waals surface area contributed by atoms with Gasteiger partial charge in [-0.3, -0.25) is 9.59 Å². The van der Waals surface area contributed by atoms with Gasteiger partial charge < -0.3 is 15.1 Å². The number of sulfonamides is 1. The van der Waals surface area contributed by atoms with E-state index in [-0.39, 0.29) is 21.4 Å². The fourth-order valence-corrected chi connectivity index (χ4v) is 5.23. The summed E-state index contributed by atoms with van der Waals surface area (Å²) in [7, 11) is -1.05. The number of halogens is 1. The maximum atomic E-state index is 13.4. The molecule has 0 saturated carbocycles. The van der Waals surface area contributed by atoms with Crippen molar-refractivity contribution >= 4 is 33.4 Å². The van der Waals surface area contributed by atoms with Crippen LogP contribution in [0.1, 0.15) is 22.8 Å². The Labute approximate surface area is 206 Å². The Morgan fingerprint density at radius 1 is 1.06 bits per heavy atom. The molecule has 34 heavy (non-hydrogen) atoms. The molecule has 1 aliphatic rings. The normalized spacial score (nSPS) is 15.9. The number of nitrogens with zero attached hydrogens (tertiary/aromatic N) is 3. The van der Waals surface area contributed by atoms with Gasteiger partial charge in [0.25, 0.3) is 5.91 Å². The summed E-state index contributed by atoms with van der Waals surface area (Å²) in [5.41, 5.74) is 1.03. The van der Waals surface area contributed by atoms with Crippen LogP contribution in [0.4, 0.5) is 0 Å². The van der Waals surface area contributed by atoms with Gasteiger partial charge in [-0.05, 0) is 30.3 Å². The van der Waals surface area contributed by atoms with Crippen LogP contribution < -0.4 is 5.32 Å². The van der Waals surface area contributed by atoms with E-state index in [0.29, 0.717) is 19.5 Å². The van der Waals surface area contributed by atoms with Gasteiger partial charge in [-0.25, -0.2) is 12.7 Å². The third kappa shape index (κ3) is 6.15. The van der Waals surface area contributed by atoms with Crippen LogP contribution in [0.3, 0.4) is 0 Å². The van der Waals surface area contributed by atoms with Gasteiger partial charge in [0.15, 0.2) is 0 Å². The second-order valence-electron chi connectivity index (χ2n) is 8.41. The van der Waals surface area contributed by atoms with Crippen molar-refractivity contribution in [1.29, 1.82) is 0 Å². The summed E-state index contributed by atoms with van der Waals surface area (Å²) in [6, 6.07) is 12.8. The first-order valence-electron chi connectivity index (χ1n) is 11.2. The summed E-state index contributed by atoms with van der Waals surface area (Å²) in [6.45, 7) is 5.79. The summed E-state index contributed by atoms with van der Waals surface area (Å²) in [6.07, 6.45) is 0.329. The molecule has 0 unspecified atom stereocenters. The van der Waals surface area contributed by atoms with Crippen LogP contribution in [-0.2, 0) is 21.2 Å². The maximum Gasteiger partial charge on any atom is 0.251 e. The van der Waals surface area contributed by atoms with Crippen molar-refractivity contribution in [1.82, 2.24) is 19.4 Å². The monoisotopic (exact) mass is 506 g/mol. The molecule has 184 valence electrons. The number of hydrogen-bond acceptors (Lipinski definition) is 5. The van der Waals surface area contributed by atoms with Gasteiger partial charge in [0.1, 0.15) is 10.9 Å². The average molecular weight is 507 g/mol. The predicted octanol–water partition coefficient (Wildman–Crippen LogP) is 2.10. The molecule has 3 rings (SSSR count). The van der Waals surface area contributed by atoms with E-state index in [9.17, 15) is 18.0 Å². The topological polar surface area (TPSA) is 90.0 Å². The van der Waals surface area contributed by atoms with Crippen LogP contribution in [0, 0.1) is 0 Å². The van der Waals surface area contributed by atoms with Crippen LogP contribution in [0.5, 0.6) is 0 Å². The molecular formula is C24H31ClN4O4S. The van der Waals surface area contributed by atoms with Gasteiger partial charge in [-0.2, -0.15) is 0 Å². The van der Waals surface area contributed by atoms with E-state index in [2.05, 4.69) is 17.1 Å². The van der Waals surface area contributed by atoms with Crippen molar-refractivity contribution in [3.63, 3.8) is 0 Å². The van der Waals surface area contributed by atoms with Crippen molar-refractivity contribution in [2.24, 2.45) is 0 Å². The van der Waals surface area contributed by atoms with Crippen LogP contribution in [0.2, 0.25) is 5.02 Å². The van der Waals surface area contributed by atoms with E-state index in [1.807, 2.05) is 30.3 Å². The Balaban J connectivity index is 1.84. The van der Waals surface area contributed by atoms with Gasteiger partial charge in [-0.15, -0.1) is 0 Å². The number of piperazine rings is 1. The predicted molar refractivity (Wildman–Crippen MR) is 132 cm³/mol. The van der Waals surface area contributed by atoms with Crippen molar-refractivity contribution in [2.75, 3.05) is 46.8 Å². The third-order valence-corrected chi connectivity index (χ3v) is 8.27. The molecule has 2 amide bonds. The third-order valence-electron chi connectivity index (χ3n) is 5.97. The van der Waals surface area contributed by atoms with Crippen molar-refractivity contribution in [2.45, 2.75) is 24.3 Å².